The largest absolute Gasteiger partial charge is 0.316 e. The third-order valence-electron chi connectivity index (χ3n) is 2.11. The van der Waals surface area contributed by atoms with Crippen molar-refractivity contribution in [3.05, 3.63) is 48.3 Å². The lowest BCUT2D eigenvalue weighted by Crippen LogP contribution is -2.09. The highest BCUT2D eigenvalue weighted by molar-refractivity contribution is 5.85. The van der Waals surface area contributed by atoms with Gasteiger partial charge in [-0.3, -0.25) is 0 Å². The van der Waals surface area contributed by atoms with Gasteiger partial charge in [-0.25, -0.2) is 4.68 Å². The Hall–Kier alpha value is -1.03. The summed E-state index contributed by atoms with van der Waals surface area (Å²) < 4.78 is 1.88. The predicted molar refractivity (Wildman–Crippen MR) is 70.8 cm³/mol. The molecule has 0 atom stereocenters. The Balaban J connectivity index is 0.00000112. The lowest BCUT2D eigenvalue weighted by molar-refractivity contribution is 0.789. The fraction of sp³-hybridized carbons (Fsp3) is 0.182. The quantitative estimate of drug-likeness (QED) is 0.918. The van der Waals surface area contributed by atoms with Gasteiger partial charge in [-0.1, -0.05) is 18.2 Å². The summed E-state index contributed by atoms with van der Waals surface area (Å²) in [6, 6.07) is 10.2. The van der Waals surface area contributed by atoms with Crippen LogP contribution in [0.1, 0.15) is 5.56 Å². The maximum atomic E-state index is 4.22. The first-order valence-corrected chi connectivity index (χ1v) is 4.64. The first kappa shape index (κ1) is 15.0. The molecule has 0 unspecified atom stereocenters. The fourth-order valence-electron chi connectivity index (χ4n) is 1.49. The molecule has 0 saturated carbocycles. The molecule has 1 heterocycles. The van der Waals surface area contributed by atoms with E-state index in [1.165, 1.54) is 5.56 Å². The van der Waals surface area contributed by atoms with E-state index in [1.807, 2.05) is 36.1 Å². The minimum absolute atomic E-state index is 0. The van der Waals surface area contributed by atoms with E-state index in [1.54, 1.807) is 6.20 Å². The molecule has 0 aliphatic carbocycles. The van der Waals surface area contributed by atoms with Crippen LogP contribution in [0.15, 0.2) is 42.7 Å². The molecule has 2 rings (SSSR count). The van der Waals surface area contributed by atoms with E-state index in [-0.39, 0.29) is 24.8 Å². The van der Waals surface area contributed by atoms with E-state index in [0.717, 1.165) is 12.2 Å². The maximum absolute atomic E-state index is 4.22. The third-order valence-corrected chi connectivity index (χ3v) is 2.11. The van der Waals surface area contributed by atoms with E-state index in [0.29, 0.717) is 0 Å². The van der Waals surface area contributed by atoms with Gasteiger partial charge < -0.3 is 5.32 Å². The zero-order valence-corrected chi connectivity index (χ0v) is 10.6. The van der Waals surface area contributed by atoms with Crippen LogP contribution < -0.4 is 5.32 Å². The van der Waals surface area contributed by atoms with Gasteiger partial charge in [0, 0.05) is 18.9 Å². The summed E-state index contributed by atoms with van der Waals surface area (Å²) in [5, 5.41) is 7.36. The number of para-hydroxylation sites is 1. The van der Waals surface area contributed by atoms with Crippen molar-refractivity contribution in [3.63, 3.8) is 0 Å². The molecular formula is C11H15Cl2N3. The maximum Gasteiger partial charge on any atom is 0.0690 e. The first-order chi connectivity index (χ1) is 6.92. The van der Waals surface area contributed by atoms with Gasteiger partial charge in [0.2, 0.25) is 0 Å². The summed E-state index contributed by atoms with van der Waals surface area (Å²) in [7, 11) is 1.94. The highest BCUT2D eigenvalue weighted by Gasteiger charge is 2.01. The van der Waals surface area contributed by atoms with Crippen LogP contribution in [0.4, 0.5) is 0 Å². The van der Waals surface area contributed by atoms with E-state index in [4.69, 9.17) is 0 Å². The van der Waals surface area contributed by atoms with Gasteiger partial charge in [0.1, 0.15) is 0 Å². The summed E-state index contributed by atoms with van der Waals surface area (Å²) in [6.45, 7) is 0.857. The molecule has 0 radical (unpaired) electrons. The highest BCUT2D eigenvalue weighted by Crippen LogP contribution is 2.12. The summed E-state index contributed by atoms with van der Waals surface area (Å²) >= 11 is 0. The van der Waals surface area contributed by atoms with Gasteiger partial charge in [0.05, 0.1) is 5.69 Å². The van der Waals surface area contributed by atoms with Gasteiger partial charge >= 0.3 is 0 Å². The molecular weight excluding hydrogens is 245 g/mol. The van der Waals surface area contributed by atoms with Crippen molar-refractivity contribution >= 4 is 24.8 Å². The predicted octanol–water partition coefficient (Wildman–Crippen LogP) is 2.44. The number of hydrogen-bond donors (Lipinski definition) is 1. The number of aromatic nitrogens is 2. The normalized spacial score (nSPS) is 9.06. The molecule has 0 spiro atoms. The Bertz CT molecular complexity index is 401. The second kappa shape index (κ2) is 7.28. The molecule has 2 aromatic rings. The van der Waals surface area contributed by atoms with E-state index in [2.05, 4.69) is 22.5 Å². The van der Waals surface area contributed by atoms with Crippen LogP contribution in [0.5, 0.6) is 0 Å². The summed E-state index contributed by atoms with van der Waals surface area (Å²) in [5.74, 6) is 0. The van der Waals surface area contributed by atoms with Gasteiger partial charge in [-0.15, -0.1) is 24.8 Å². The highest BCUT2D eigenvalue weighted by atomic mass is 35.5. The standard InChI is InChI=1S/C11H13N3.2ClH/c1-12-9-10-5-2-3-6-11(10)14-8-4-7-13-14;;/h2-8,12H,9H2,1H3;2*1H. The molecule has 1 aromatic heterocycles. The minimum atomic E-state index is 0. The van der Waals surface area contributed by atoms with Gasteiger partial charge in [0.25, 0.3) is 0 Å². The Morgan fingerprint density at radius 1 is 1.19 bits per heavy atom. The molecule has 1 aromatic carbocycles. The molecule has 0 aliphatic heterocycles. The van der Waals surface area contributed by atoms with Gasteiger partial charge in [-0.05, 0) is 24.7 Å². The van der Waals surface area contributed by atoms with Crippen molar-refractivity contribution in [2.24, 2.45) is 0 Å². The molecule has 88 valence electrons. The lowest BCUT2D eigenvalue weighted by Gasteiger charge is -2.08. The first-order valence-electron chi connectivity index (χ1n) is 4.64. The molecule has 0 fully saturated rings. The molecule has 1 N–H and O–H groups in total. The smallest absolute Gasteiger partial charge is 0.0690 e. The second-order valence-corrected chi connectivity index (χ2v) is 3.11. The summed E-state index contributed by atoms with van der Waals surface area (Å²) in [4.78, 5) is 0. The van der Waals surface area contributed by atoms with Crippen LogP contribution in [-0.2, 0) is 6.54 Å². The summed E-state index contributed by atoms with van der Waals surface area (Å²) in [5.41, 5.74) is 2.38. The molecule has 3 nitrogen and oxygen atoms in total. The second-order valence-electron chi connectivity index (χ2n) is 3.11. The minimum Gasteiger partial charge on any atom is -0.316 e. The van der Waals surface area contributed by atoms with E-state index < -0.39 is 0 Å². The molecule has 0 amide bonds. The number of benzene rings is 1. The zero-order valence-electron chi connectivity index (χ0n) is 8.96. The number of nitrogens with zero attached hydrogens (tertiary/aromatic N) is 2. The molecule has 16 heavy (non-hydrogen) atoms. The molecule has 0 bridgehead atoms. The van der Waals surface area contributed by atoms with Crippen LogP contribution in [-0.4, -0.2) is 16.8 Å². The Kier molecular flexibility index (Phi) is 6.81. The average Bonchev–Trinajstić information content (AvgIpc) is 2.72. The Labute approximate surface area is 108 Å². The number of halogens is 2. The molecule has 0 aliphatic rings. The zero-order chi connectivity index (χ0) is 9.80. The Morgan fingerprint density at radius 2 is 1.94 bits per heavy atom. The fourth-order valence-corrected chi connectivity index (χ4v) is 1.49. The van der Waals surface area contributed by atoms with Crippen molar-refractivity contribution in [2.75, 3.05) is 7.05 Å². The van der Waals surface area contributed by atoms with Crippen molar-refractivity contribution in [1.82, 2.24) is 15.1 Å². The van der Waals surface area contributed by atoms with E-state index >= 15 is 0 Å². The summed E-state index contributed by atoms with van der Waals surface area (Å²) in [6.07, 6.45) is 3.74. The number of rotatable bonds is 3. The van der Waals surface area contributed by atoms with Crippen LogP contribution in [0.2, 0.25) is 0 Å². The van der Waals surface area contributed by atoms with Crippen LogP contribution in [0, 0.1) is 0 Å². The number of hydrogen-bond acceptors (Lipinski definition) is 2. The van der Waals surface area contributed by atoms with E-state index in [9.17, 15) is 0 Å². The van der Waals surface area contributed by atoms with Gasteiger partial charge in [0.15, 0.2) is 0 Å². The number of nitrogens with one attached hydrogen (secondary N) is 1. The average molecular weight is 260 g/mol. The molecule has 5 heteroatoms. The SMILES string of the molecule is CNCc1ccccc1-n1cccn1.Cl.Cl. The van der Waals surface area contributed by atoms with Crippen molar-refractivity contribution in [1.29, 1.82) is 0 Å². The third kappa shape index (κ3) is 3.23. The van der Waals surface area contributed by atoms with Crippen LogP contribution >= 0.6 is 24.8 Å². The topological polar surface area (TPSA) is 29.9 Å². The Morgan fingerprint density at radius 3 is 2.56 bits per heavy atom. The van der Waals surface area contributed by atoms with Crippen molar-refractivity contribution in [2.45, 2.75) is 6.54 Å². The van der Waals surface area contributed by atoms with Crippen LogP contribution in [0.25, 0.3) is 5.69 Å². The van der Waals surface area contributed by atoms with Crippen LogP contribution in [0.3, 0.4) is 0 Å². The monoisotopic (exact) mass is 259 g/mol. The molecule has 0 saturated heterocycles. The van der Waals surface area contributed by atoms with Gasteiger partial charge in [-0.2, -0.15) is 5.10 Å². The lowest BCUT2D eigenvalue weighted by atomic mass is 10.2. The van der Waals surface area contributed by atoms with Crippen molar-refractivity contribution < 1.29 is 0 Å². The van der Waals surface area contributed by atoms with Crippen molar-refractivity contribution in [3.8, 4) is 5.69 Å².